The van der Waals surface area contributed by atoms with E-state index in [1.165, 1.54) is 23.9 Å². The number of hydrogen-bond donors (Lipinski definition) is 1. The number of thioether (sulfide) groups is 1. The molecule has 1 aromatic heterocycles. The summed E-state index contributed by atoms with van der Waals surface area (Å²) >= 11 is 1.27. The highest BCUT2D eigenvalue weighted by atomic mass is 32.2. The minimum atomic E-state index is -2.97. The second-order valence-corrected chi connectivity index (χ2v) is 9.35. The van der Waals surface area contributed by atoms with Gasteiger partial charge in [0, 0.05) is 19.7 Å². The fraction of sp³-hybridized carbons (Fsp3) is 0.591. The average molecular weight is 482 g/mol. The number of ether oxygens (including phenoxy) is 2. The largest absolute Gasteiger partial charge is 0.433 e. The van der Waals surface area contributed by atoms with Crippen LogP contribution >= 0.6 is 11.8 Å². The highest BCUT2D eigenvalue weighted by Crippen LogP contribution is 2.29. The number of benzene rings is 1. The van der Waals surface area contributed by atoms with Gasteiger partial charge in [-0.3, -0.25) is 9.36 Å². The van der Waals surface area contributed by atoms with Gasteiger partial charge in [-0.15, -0.1) is 10.2 Å². The Kier molecular flexibility index (Phi) is 8.02. The Morgan fingerprint density at radius 2 is 2.06 bits per heavy atom. The molecule has 11 heteroatoms. The summed E-state index contributed by atoms with van der Waals surface area (Å²) in [6, 6.07) is 6.12. The first-order valence-corrected chi connectivity index (χ1v) is 12.2. The Bertz CT molecular complexity index is 931. The van der Waals surface area contributed by atoms with Crippen LogP contribution in [-0.4, -0.2) is 58.8 Å². The van der Waals surface area contributed by atoms with Crippen molar-refractivity contribution in [2.75, 3.05) is 35.7 Å². The fourth-order valence-electron chi connectivity index (χ4n) is 4.07. The second kappa shape index (κ2) is 11.1. The topological polar surface area (TPSA) is 81.5 Å². The number of piperidine rings is 1. The molecule has 2 fully saturated rings. The Hall–Kier alpha value is -2.40. The number of aromatic nitrogens is 3. The number of rotatable bonds is 9. The van der Waals surface area contributed by atoms with E-state index in [0.717, 1.165) is 51.3 Å². The molecule has 3 heterocycles. The molecule has 8 nitrogen and oxygen atoms in total. The van der Waals surface area contributed by atoms with E-state index < -0.39 is 6.61 Å². The van der Waals surface area contributed by atoms with Gasteiger partial charge >= 0.3 is 6.61 Å². The summed E-state index contributed by atoms with van der Waals surface area (Å²) in [5.41, 5.74) is 0.201. The fourth-order valence-corrected chi connectivity index (χ4v) is 4.81. The molecule has 0 spiro atoms. The van der Waals surface area contributed by atoms with Crippen LogP contribution in [0.2, 0.25) is 0 Å². The Morgan fingerprint density at radius 1 is 1.27 bits per heavy atom. The Morgan fingerprint density at radius 3 is 2.79 bits per heavy atom. The zero-order chi connectivity index (χ0) is 23.2. The lowest BCUT2D eigenvalue weighted by Crippen LogP contribution is -2.35. The van der Waals surface area contributed by atoms with E-state index in [1.54, 1.807) is 12.1 Å². The Labute approximate surface area is 196 Å². The van der Waals surface area contributed by atoms with Gasteiger partial charge in [-0.25, -0.2) is 0 Å². The maximum absolute atomic E-state index is 12.6. The summed E-state index contributed by atoms with van der Waals surface area (Å²) in [6.45, 7) is 2.55. The summed E-state index contributed by atoms with van der Waals surface area (Å²) in [7, 11) is 0. The minimum Gasteiger partial charge on any atom is -0.433 e. The number of hydrogen-bond acceptors (Lipinski definition) is 7. The first kappa shape index (κ1) is 23.7. The van der Waals surface area contributed by atoms with Crippen molar-refractivity contribution in [3.63, 3.8) is 0 Å². The lowest BCUT2D eigenvalue weighted by molar-refractivity contribution is -0.113. The molecule has 1 aromatic carbocycles. The number of anilines is 2. The molecule has 0 bridgehead atoms. The molecule has 4 rings (SSSR count). The summed E-state index contributed by atoms with van der Waals surface area (Å²) in [5.74, 6) is 1.16. The molecule has 33 heavy (non-hydrogen) atoms. The van der Waals surface area contributed by atoms with E-state index in [2.05, 4.69) is 36.6 Å². The van der Waals surface area contributed by atoms with Crippen LogP contribution in [0, 0.1) is 5.92 Å². The average Bonchev–Trinajstić information content (AvgIpc) is 3.44. The number of nitrogens with one attached hydrogen (secondary N) is 1. The molecule has 0 radical (unpaired) electrons. The predicted molar refractivity (Wildman–Crippen MR) is 122 cm³/mol. The third-order valence-corrected chi connectivity index (χ3v) is 6.85. The number of carbonyl (C=O) groups excluding carboxylic acids is 1. The molecule has 1 unspecified atom stereocenters. The number of nitrogens with zero attached hydrogens (tertiary/aromatic N) is 4. The van der Waals surface area contributed by atoms with E-state index in [4.69, 9.17) is 4.74 Å². The van der Waals surface area contributed by atoms with Crippen LogP contribution < -0.4 is 15.0 Å². The van der Waals surface area contributed by atoms with Crippen molar-refractivity contribution in [1.29, 1.82) is 0 Å². The predicted octanol–water partition coefficient (Wildman–Crippen LogP) is 4.03. The molecule has 180 valence electrons. The smallest absolute Gasteiger partial charge is 0.387 e. The number of amides is 1. The van der Waals surface area contributed by atoms with Crippen LogP contribution in [0.3, 0.4) is 0 Å². The van der Waals surface area contributed by atoms with Gasteiger partial charge in [0.25, 0.3) is 0 Å². The van der Waals surface area contributed by atoms with Crippen LogP contribution in [0.25, 0.3) is 0 Å². The van der Waals surface area contributed by atoms with E-state index >= 15 is 0 Å². The monoisotopic (exact) mass is 481 g/mol. The number of alkyl halides is 2. The molecule has 0 aliphatic carbocycles. The van der Waals surface area contributed by atoms with Gasteiger partial charge in [-0.05, 0) is 43.7 Å². The summed E-state index contributed by atoms with van der Waals surface area (Å²) in [6.07, 6.45) is 4.35. The van der Waals surface area contributed by atoms with Gasteiger partial charge in [0.2, 0.25) is 11.9 Å². The molecule has 2 aromatic rings. The van der Waals surface area contributed by atoms with Crippen molar-refractivity contribution in [3.05, 3.63) is 24.3 Å². The van der Waals surface area contributed by atoms with Crippen LogP contribution in [0.5, 0.6) is 5.75 Å². The van der Waals surface area contributed by atoms with Crippen molar-refractivity contribution >= 4 is 29.3 Å². The highest BCUT2D eigenvalue weighted by Gasteiger charge is 2.26. The van der Waals surface area contributed by atoms with Gasteiger partial charge in [-0.2, -0.15) is 8.78 Å². The van der Waals surface area contributed by atoms with Gasteiger partial charge < -0.3 is 19.7 Å². The SMILES string of the molecule is CC1CCN(c2nnc(SCC(=O)Nc3ccccc3OC(F)F)n2CC2CCCO2)CC1. The van der Waals surface area contributed by atoms with E-state index in [1.807, 2.05) is 0 Å². The molecule has 2 aliphatic rings. The first-order chi connectivity index (χ1) is 16.0. The van der Waals surface area contributed by atoms with E-state index in [-0.39, 0.29) is 29.2 Å². The summed E-state index contributed by atoms with van der Waals surface area (Å²) in [5, 5.41) is 12.1. The molecule has 0 saturated carbocycles. The normalized spacial score (nSPS) is 19.3. The van der Waals surface area contributed by atoms with Gasteiger partial charge in [-0.1, -0.05) is 30.8 Å². The molecule has 1 N–H and O–H groups in total. The van der Waals surface area contributed by atoms with Crippen molar-refractivity contribution in [1.82, 2.24) is 14.8 Å². The standard InChI is InChI=1S/C22H29F2N5O3S/c1-15-8-10-28(11-9-15)21-26-27-22(29(21)13-16-5-4-12-31-16)33-14-19(30)25-17-6-2-3-7-18(17)32-20(23)24/h2-3,6-7,15-16,20H,4-5,8-14H2,1H3,(H,25,30). The zero-order valence-corrected chi connectivity index (χ0v) is 19.4. The third kappa shape index (κ3) is 6.35. The van der Waals surface area contributed by atoms with Gasteiger partial charge in [0.15, 0.2) is 5.16 Å². The van der Waals surface area contributed by atoms with Crippen LogP contribution in [-0.2, 0) is 16.1 Å². The molecular formula is C22H29F2N5O3S. The molecule has 1 amide bonds. The second-order valence-electron chi connectivity index (χ2n) is 8.41. The lowest BCUT2D eigenvalue weighted by atomic mass is 10.00. The molecule has 2 aliphatic heterocycles. The van der Waals surface area contributed by atoms with E-state index in [0.29, 0.717) is 17.6 Å². The number of halogens is 2. The summed E-state index contributed by atoms with van der Waals surface area (Å²) in [4.78, 5) is 14.8. The van der Waals surface area contributed by atoms with Crippen LogP contribution in [0.1, 0.15) is 32.6 Å². The Balaban J connectivity index is 1.43. The van der Waals surface area contributed by atoms with Crippen molar-refractivity contribution in [2.24, 2.45) is 5.92 Å². The molecule has 1 atom stereocenters. The highest BCUT2D eigenvalue weighted by molar-refractivity contribution is 7.99. The quantitative estimate of drug-likeness (QED) is 0.542. The molecule has 2 saturated heterocycles. The molecular weight excluding hydrogens is 452 g/mol. The number of carbonyl (C=O) groups is 1. The van der Waals surface area contributed by atoms with Gasteiger partial charge in [0.05, 0.1) is 24.1 Å². The van der Waals surface area contributed by atoms with E-state index in [9.17, 15) is 13.6 Å². The lowest BCUT2D eigenvalue weighted by Gasteiger charge is -2.31. The first-order valence-electron chi connectivity index (χ1n) is 11.3. The van der Waals surface area contributed by atoms with Crippen molar-refractivity contribution in [3.8, 4) is 5.75 Å². The van der Waals surface area contributed by atoms with Crippen molar-refractivity contribution in [2.45, 2.75) is 57.0 Å². The maximum Gasteiger partial charge on any atom is 0.387 e. The van der Waals surface area contributed by atoms with Crippen molar-refractivity contribution < 1.29 is 23.0 Å². The summed E-state index contributed by atoms with van der Waals surface area (Å²) < 4.78 is 37.6. The van der Waals surface area contributed by atoms with Gasteiger partial charge in [0.1, 0.15) is 5.75 Å². The van der Waals surface area contributed by atoms with Crippen LogP contribution in [0.4, 0.5) is 20.4 Å². The number of para-hydroxylation sites is 2. The third-order valence-electron chi connectivity index (χ3n) is 5.88. The van der Waals surface area contributed by atoms with Crippen LogP contribution in [0.15, 0.2) is 29.4 Å². The maximum atomic E-state index is 12.6. The zero-order valence-electron chi connectivity index (χ0n) is 18.6. The minimum absolute atomic E-state index is 0.0592.